The van der Waals surface area contributed by atoms with Crippen molar-refractivity contribution in [1.82, 2.24) is 0 Å². The molecule has 0 unspecified atom stereocenters. The molecule has 0 rings (SSSR count). The van der Waals surface area contributed by atoms with Crippen LogP contribution in [0.3, 0.4) is 0 Å². The summed E-state index contributed by atoms with van der Waals surface area (Å²) in [4.78, 5) is 9.86. The van der Waals surface area contributed by atoms with E-state index >= 15 is 0 Å². The zero-order valence-corrected chi connectivity index (χ0v) is 5.22. The maximum Gasteiger partial charge on any atom is 0.0992 e. The molecule has 0 aliphatic rings. The van der Waals surface area contributed by atoms with Gasteiger partial charge in [0, 0.05) is 6.61 Å². The van der Waals surface area contributed by atoms with Crippen LogP contribution in [0.4, 0.5) is 0 Å². The van der Waals surface area contributed by atoms with Crippen LogP contribution in [-0.2, 0) is 0 Å². The lowest BCUT2D eigenvalue weighted by atomic mass is 10.0. The molecule has 0 aromatic heterocycles. The molecule has 0 spiro atoms. The van der Waals surface area contributed by atoms with Gasteiger partial charge in [-0.3, -0.25) is 0 Å². The summed E-state index contributed by atoms with van der Waals surface area (Å²) in [6, 6.07) is 0. The van der Waals surface area contributed by atoms with E-state index in [1.165, 1.54) is 0 Å². The summed E-state index contributed by atoms with van der Waals surface area (Å²) in [5, 5.41) is 11.1. The largest absolute Gasteiger partial charge is 0.396 e. The Balaban J connectivity index is 3.53. The van der Waals surface area contributed by atoms with Crippen LogP contribution in [0.5, 0.6) is 0 Å². The Morgan fingerprint density at radius 2 is 2.12 bits per heavy atom. The minimum absolute atomic E-state index is 0.0265. The molecule has 0 radical (unpaired) electrons. The Morgan fingerprint density at radius 3 is 2.25 bits per heavy atom. The lowest BCUT2D eigenvalue weighted by Gasteiger charge is -2.11. The molecular weight excluding hydrogens is 106 g/mol. The first-order chi connectivity index (χ1) is 3.62. The van der Waals surface area contributed by atoms with E-state index in [1.54, 1.807) is 13.8 Å². The fraction of sp³-hybridized carbons (Fsp3) is 1.00. The Morgan fingerprint density at radius 1 is 1.62 bits per heavy atom. The predicted octanol–water partition coefficient (Wildman–Crippen LogP) is 0.914. The molecule has 48 valence electrons. The van der Waals surface area contributed by atoms with Crippen LogP contribution in [0.25, 0.3) is 0 Å². The molecule has 1 N–H and O–H groups in total. The van der Waals surface area contributed by atoms with Crippen molar-refractivity contribution in [3.63, 3.8) is 0 Å². The minimum Gasteiger partial charge on any atom is -0.396 e. The normalized spacial score (nSPS) is 11.4. The van der Waals surface area contributed by atoms with Gasteiger partial charge >= 0.3 is 0 Å². The summed E-state index contributed by atoms with van der Waals surface area (Å²) < 4.78 is 0. The van der Waals surface area contributed by atoms with Gasteiger partial charge in [-0.15, -0.1) is 0 Å². The highest BCUT2D eigenvalue weighted by Gasteiger charge is 2.15. The molecule has 0 atom stereocenters. The molecule has 3 nitrogen and oxygen atoms in total. The third-order valence-corrected chi connectivity index (χ3v) is 0.971. The molecule has 0 saturated carbocycles. The third kappa shape index (κ3) is 2.69. The standard InChI is InChI=1S/C5H11NO2/c1-5(2,6-8)3-4-7/h7H,3-4H2,1-2H3. The van der Waals surface area contributed by atoms with Crippen molar-refractivity contribution < 1.29 is 5.11 Å². The number of nitroso groups, excluding NO2 is 1. The van der Waals surface area contributed by atoms with Gasteiger partial charge in [0.15, 0.2) is 0 Å². The summed E-state index contributed by atoms with van der Waals surface area (Å²) in [6.07, 6.45) is 0.441. The number of aliphatic hydroxyl groups is 1. The minimum atomic E-state index is -0.589. The Kier molecular flexibility index (Phi) is 2.62. The zero-order valence-electron chi connectivity index (χ0n) is 5.22. The Bertz CT molecular complexity index is 80.5. The highest BCUT2D eigenvalue weighted by molar-refractivity contribution is 4.74. The molecule has 0 amide bonds. The summed E-state index contributed by atoms with van der Waals surface area (Å²) in [6.45, 7) is 3.41. The average molecular weight is 117 g/mol. The van der Waals surface area contributed by atoms with Crippen molar-refractivity contribution in [2.24, 2.45) is 5.18 Å². The van der Waals surface area contributed by atoms with Gasteiger partial charge in [0.25, 0.3) is 0 Å². The van der Waals surface area contributed by atoms with Crippen molar-refractivity contribution in [3.05, 3.63) is 4.91 Å². The molecular formula is C5H11NO2. The van der Waals surface area contributed by atoms with Crippen LogP contribution in [0.2, 0.25) is 0 Å². The van der Waals surface area contributed by atoms with Gasteiger partial charge in [-0.2, -0.15) is 4.91 Å². The second kappa shape index (κ2) is 2.77. The van der Waals surface area contributed by atoms with Gasteiger partial charge in [0.1, 0.15) is 0 Å². The average Bonchev–Trinajstić information content (AvgIpc) is 1.67. The van der Waals surface area contributed by atoms with E-state index in [2.05, 4.69) is 5.18 Å². The van der Waals surface area contributed by atoms with Gasteiger partial charge < -0.3 is 5.11 Å². The van der Waals surface area contributed by atoms with Gasteiger partial charge in [-0.25, -0.2) is 0 Å². The molecule has 0 aliphatic carbocycles. The van der Waals surface area contributed by atoms with E-state index in [1.807, 2.05) is 0 Å². The molecule has 0 heterocycles. The summed E-state index contributed by atoms with van der Waals surface area (Å²) in [7, 11) is 0. The number of hydrogen-bond acceptors (Lipinski definition) is 3. The maximum atomic E-state index is 9.86. The molecule has 0 fully saturated rings. The maximum absolute atomic E-state index is 9.86. The van der Waals surface area contributed by atoms with Gasteiger partial charge in [-0.05, 0) is 20.3 Å². The second-order valence-electron chi connectivity index (χ2n) is 2.38. The van der Waals surface area contributed by atoms with E-state index < -0.39 is 5.54 Å². The molecule has 0 bridgehead atoms. The zero-order chi connectivity index (χ0) is 6.62. The highest BCUT2D eigenvalue weighted by atomic mass is 16.3. The van der Waals surface area contributed by atoms with E-state index in [4.69, 9.17) is 5.11 Å². The van der Waals surface area contributed by atoms with Crippen molar-refractivity contribution >= 4 is 0 Å². The lowest BCUT2D eigenvalue weighted by molar-refractivity contribution is 0.254. The van der Waals surface area contributed by atoms with Crippen LogP contribution < -0.4 is 0 Å². The van der Waals surface area contributed by atoms with Crippen molar-refractivity contribution in [2.75, 3.05) is 6.61 Å². The van der Waals surface area contributed by atoms with Crippen molar-refractivity contribution in [2.45, 2.75) is 25.8 Å². The van der Waals surface area contributed by atoms with Gasteiger partial charge in [0.05, 0.1) is 5.54 Å². The number of aliphatic hydroxyl groups excluding tert-OH is 1. The van der Waals surface area contributed by atoms with Crippen LogP contribution in [0.1, 0.15) is 20.3 Å². The van der Waals surface area contributed by atoms with Gasteiger partial charge in [0.2, 0.25) is 0 Å². The van der Waals surface area contributed by atoms with E-state index in [0.29, 0.717) is 6.42 Å². The van der Waals surface area contributed by atoms with Crippen LogP contribution >= 0.6 is 0 Å². The first-order valence-corrected chi connectivity index (χ1v) is 2.58. The third-order valence-electron chi connectivity index (χ3n) is 0.971. The monoisotopic (exact) mass is 117 g/mol. The second-order valence-corrected chi connectivity index (χ2v) is 2.38. The summed E-state index contributed by atoms with van der Waals surface area (Å²) >= 11 is 0. The first kappa shape index (κ1) is 7.56. The van der Waals surface area contributed by atoms with E-state index in [-0.39, 0.29) is 6.61 Å². The smallest absolute Gasteiger partial charge is 0.0992 e. The van der Waals surface area contributed by atoms with Crippen LogP contribution in [0.15, 0.2) is 5.18 Å². The topological polar surface area (TPSA) is 49.7 Å². The summed E-state index contributed by atoms with van der Waals surface area (Å²) in [5.74, 6) is 0. The van der Waals surface area contributed by atoms with Crippen molar-refractivity contribution in [1.29, 1.82) is 0 Å². The van der Waals surface area contributed by atoms with E-state index in [0.717, 1.165) is 0 Å². The van der Waals surface area contributed by atoms with Crippen molar-refractivity contribution in [3.8, 4) is 0 Å². The number of rotatable bonds is 3. The quantitative estimate of drug-likeness (QED) is 0.558. The molecule has 0 aromatic rings. The summed E-state index contributed by atoms with van der Waals surface area (Å²) in [5.41, 5.74) is -0.589. The predicted molar refractivity (Wildman–Crippen MR) is 31.6 cm³/mol. The molecule has 8 heavy (non-hydrogen) atoms. The number of hydrogen-bond donors (Lipinski definition) is 1. The van der Waals surface area contributed by atoms with Gasteiger partial charge in [-0.1, -0.05) is 5.18 Å². The lowest BCUT2D eigenvalue weighted by Crippen LogP contribution is -2.16. The number of nitrogens with zero attached hydrogens (tertiary/aromatic N) is 1. The molecule has 0 aliphatic heterocycles. The SMILES string of the molecule is CC(C)(CCO)N=O. The van der Waals surface area contributed by atoms with E-state index in [9.17, 15) is 4.91 Å². The molecule has 0 aromatic carbocycles. The fourth-order valence-corrected chi connectivity index (χ4v) is 0.319. The Hall–Kier alpha value is -0.440. The fourth-order valence-electron chi connectivity index (χ4n) is 0.319. The highest BCUT2D eigenvalue weighted by Crippen LogP contribution is 2.11. The van der Waals surface area contributed by atoms with Crippen LogP contribution in [-0.4, -0.2) is 17.3 Å². The molecule has 0 saturated heterocycles. The Labute approximate surface area is 48.7 Å². The molecule has 3 heteroatoms. The van der Waals surface area contributed by atoms with Crippen LogP contribution in [0, 0.1) is 4.91 Å². The first-order valence-electron chi connectivity index (χ1n) is 2.58.